The van der Waals surface area contributed by atoms with Crippen molar-refractivity contribution in [3.05, 3.63) is 66.0 Å². The lowest BCUT2D eigenvalue weighted by Crippen LogP contribution is -2.44. The van der Waals surface area contributed by atoms with Gasteiger partial charge in [-0.2, -0.15) is 10.2 Å². The van der Waals surface area contributed by atoms with Crippen molar-refractivity contribution < 1.29 is 9.18 Å². The van der Waals surface area contributed by atoms with Crippen LogP contribution in [0.25, 0.3) is 5.69 Å². The van der Waals surface area contributed by atoms with Gasteiger partial charge in [0.25, 0.3) is 0 Å². The van der Waals surface area contributed by atoms with E-state index in [1.807, 2.05) is 24.1 Å². The maximum atomic E-state index is 13.1. The Morgan fingerprint density at radius 1 is 1.25 bits per heavy atom. The highest BCUT2D eigenvalue weighted by Crippen LogP contribution is 2.26. The quantitative estimate of drug-likeness (QED) is 0.726. The molecule has 8 heteroatoms. The third kappa shape index (κ3) is 3.90. The molecule has 7 nitrogen and oxygen atoms in total. The molecule has 2 amide bonds. The van der Waals surface area contributed by atoms with Gasteiger partial charge in [0.15, 0.2) is 0 Å². The molecule has 28 heavy (non-hydrogen) atoms. The molecule has 0 bridgehead atoms. The van der Waals surface area contributed by atoms with Crippen molar-refractivity contribution in [2.24, 2.45) is 0 Å². The zero-order chi connectivity index (χ0) is 19.5. The number of aromatic nitrogens is 4. The van der Waals surface area contributed by atoms with Gasteiger partial charge in [0, 0.05) is 42.7 Å². The normalized spacial score (nSPS) is 16.1. The molecule has 0 spiro atoms. The van der Waals surface area contributed by atoms with Crippen molar-refractivity contribution >= 4 is 6.03 Å². The number of piperidine rings is 1. The van der Waals surface area contributed by atoms with E-state index in [1.165, 1.54) is 12.1 Å². The number of hydrogen-bond donors (Lipinski definition) is 2. The minimum absolute atomic E-state index is 0.0647. The second kappa shape index (κ2) is 7.84. The number of nitrogens with one attached hydrogen (secondary N) is 2. The van der Waals surface area contributed by atoms with Crippen LogP contribution in [0.4, 0.5) is 9.18 Å². The molecule has 0 radical (unpaired) electrons. The Labute approximate surface area is 162 Å². The summed E-state index contributed by atoms with van der Waals surface area (Å²) in [6.07, 6.45) is 7.18. The van der Waals surface area contributed by atoms with Gasteiger partial charge in [0.05, 0.1) is 17.9 Å². The van der Waals surface area contributed by atoms with Crippen LogP contribution in [0.2, 0.25) is 0 Å². The molecule has 1 aliphatic heterocycles. The average Bonchev–Trinajstić information content (AvgIpc) is 3.41. The van der Waals surface area contributed by atoms with Crippen LogP contribution < -0.4 is 5.32 Å². The SMILES string of the molecule is C[C@@H](NC(=O)N1CCC(c2ccn[nH]2)CC1)c1cnn(-c2ccc(F)cc2)c1. The summed E-state index contributed by atoms with van der Waals surface area (Å²) in [5.41, 5.74) is 2.80. The summed E-state index contributed by atoms with van der Waals surface area (Å²) in [6.45, 7) is 3.37. The number of halogens is 1. The average molecular weight is 382 g/mol. The number of likely N-dealkylation sites (tertiary alicyclic amines) is 1. The van der Waals surface area contributed by atoms with Crippen LogP contribution >= 0.6 is 0 Å². The van der Waals surface area contributed by atoms with Gasteiger partial charge in [-0.05, 0) is 50.1 Å². The Bertz CT molecular complexity index is 913. The number of carbonyl (C=O) groups excluding carboxylic acids is 1. The monoisotopic (exact) mass is 382 g/mol. The lowest BCUT2D eigenvalue weighted by molar-refractivity contribution is 0.178. The summed E-state index contributed by atoms with van der Waals surface area (Å²) >= 11 is 0. The van der Waals surface area contributed by atoms with E-state index in [0.717, 1.165) is 42.9 Å². The highest BCUT2D eigenvalue weighted by Gasteiger charge is 2.25. The predicted molar refractivity (Wildman–Crippen MR) is 103 cm³/mol. The van der Waals surface area contributed by atoms with Gasteiger partial charge in [0.1, 0.15) is 5.82 Å². The summed E-state index contributed by atoms with van der Waals surface area (Å²) in [5.74, 6) is 0.144. The molecule has 1 atom stereocenters. The number of urea groups is 1. The lowest BCUT2D eigenvalue weighted by atomic mass is 9.94. The minimum Gasteiger partial charge on any atom is -0.331 e. The van der Waals surface area contributed by atoms with E-state index in [4.69, 9.17) is 0 Å². The van der Waals surface area contributed by atoms with Crippen LogP contribution in [-0.2, 0) is 0 Å². The summed E-state index contributed by atoms with van der Waals surface area (Å²) in [5, 5.41) is 14.4. The largest absolute Gasteiger partial charge is 0.331 e. The van der Waals surface area contributed by atoms with E-state index >= 15 is 0 Å². The molecule has 0 unspecified atom stereocenters. The van der Waals surface area contributed by atoms with Crippen LogP contribution in [0.15, 0.2) is 48.9 Å². The molecular weight excluding hydrogens is 359 g/mol. The second-order valence-electron chi connectivity index (χ2n) is 7.14. The van der Waals surface area contributed by atoms with E-state index < -0.39 is 0 Å². The van der Waals surface area contributed by atoms with Gasteiger partial charge in [-0.25, -0.2) is 13.9 Å². The Kier molecular flexibility index (Phi) is 5.10. The number of nitrogens with zero attached hydrogens (tertiary/aromatic N) is 4. The Balaban J connectivity index is 1.33. The zero-order valence-corrected chi connectivity index (χ0v) is 15.7. The molecule has 146 valence electrons. The summed E-state index contributed by atoms with van der Waals surface area (Å²) in [6, 6.07) is 7.89. The van der Waals surface area contributed by atoms with Crippen molar-refractivity contribution in [2.45, 2.75) is 31.7 Å². The third-order valence-corrected chi connectivity index (χ3v) is 5.28. The maximum absolute atomic E-state index is 13.1. The number of benzene rings is 1. The van der Waals surface area contributed by atoms with Crippen molar-refractivity contribution in [1.82, 2.24) is 30.2 Å². The van der Waals surface area contributed by atoms with Crippen LogP contribution in [0, 0.1) is 5.82 Å². The van der Waals surface area contributed by atoms with Crippen LogP contribution in [0.1, 0.15) is 43.0 Å². The molecule has 2 N–H and O–H groups in total. The van der Waals surface area contributed by atoms with Gasteiger partial charge in [-0.1, -0.05) is 0 Å². The molecule has 1 aliphatic rings. The van der Waals surface area contributed by atoms with E-state index in [2.05, 4.69) is 20.6 Å². The highest BCUT2D eigenvalue weighted by molar-refractivity contribution is 5.74. The first-order valence-electron chi connectivity index (χ1n) is 9.45. The standard InChI is InChI=1S/C20H23FN6O/c1-14(16-12-23-27(13-16)18-4-2-17(21)3-5-18)24-20(28)26-10-7-15(8-11-26)19-6-9-22-25-19/h2-6,9,12-15H,7-8,10-11H2,1H3,(H,22,25)(H,24,28)/t14-/m1/s1. The fraction of sp³-hybridized carbons (Fsp3) is 0.350. The smallest absolute Gasteiger partial charge is 0.317 e. The third-order valence-electron chi connectivity index (χ3n) is 5.28. The number of rotatable bonds is 4. The number of hydrogen-bond acceptors (Lipinski definition) is 3. The lowest BCUT2D eigenvalue weighted by Gasteiger charge is -2.32. The molecule has 1 aromatic carbocycles. The van der Waals surface area contributed by atoms with E-state index in [9.17, 15) is 9.18 Å². The minimum atomic E-state index is -0.284. The predicted octanol–water partition coefficient (Wildman–Crippen LogP) is 3.38. The second-order valence-corrected chi connectivity index (χ2v) is 7.14. The van der Waals surface area contributed by atoms with Crippen molar-refractivity contribution in [2.75, 3.05) is 13.1 Å². The molecule has 3 heterocycles. The van der Waals surface area contributed by atoms with Gasteiger partial charge >= 0.3 is 6.03 Å². The zero-order valence-electron chi connectivity index (χ0n) is 15.7. The summed E-state index contributed by atoms with van der Waals surface area (Å²) < 4.78 is 14.7. The first-order chi connectivity index (χ1) is 13.6. The Morgan fingerprint density at radius 2 is 2.00 bits per heavy atom. The fourth-order valence-electron chi connectivity index (χ4n) is 3.54. The summed E-state index contributed by atoms with van der Waals surface area (Å²) in [7, 11) is 0. The molecule has 0 aliphatic carbocycles. The first-order valence-corrected chi connectivity index (χ1v) is 9.45. The van der Waals surface area contributed by atoms with E-state index in [1.54, 1.807) is 29.2 Å². The molecular formula is C20H23FN6O. The molecule has 0 saturated carbocycles. The number of amides is 2. The molecule has 4 rings (SSSR count). The van der Waals surface area contributed by atoms with Gasteiger partial charge in [0.2, 0.25) is 0 Å². The summed E-state index contributed by atoms with van der Waals surface area (Å²) in [4.78, 5) is 14.5. The molecule has 1 saturated heterocycles. The van der Waals surface area contributed by atoms with E-state index in [0.29, 0.717) is 5.92 Å². The van der Waals surface area contributed by atoms with Crippen molar-refractivity contribution in [1.29, 1.82) is 0 Å². The van der Waals surface area contributed by atoms with Crippen molar-refractivity contribution in [3.63, 3.8) is 0 Å². The van der Waals surface area contributed by atoms with Gasteiger partial charge in [-0.15, -0.1) is 0 Å². The van der Waals surface area contributed by atoms with Crippen LogP contribution in [0.5, 0.6) is 0 Å². The van der Waals surface area contributed by atoms with Crippen molar-refractivity contribution in [3.8, 4) is 5.69 Å². The van der Waals surface area contributed by atoms with Crippen LogP contribution in [0.3, 0.4) is 0 Å². The van der Waals surface area contributed by atoms with Gasteiger partial charge in [-0.3, -0.25) is 5.10 Å². The Morgan fingerprint density at radius 3 is 2.68 bits per heavy atom. The van der Waals surface area contributed by atoms with Crippen LogP contribution in [-0.4, -0.2) is 44.0 Å². The fourth-order valence-corrected chi connectivity index (χ4v) is 3.54. The number of H-pyrrole nitrogens is 1. The van der Waals surface area contributed by atoms with E-state index in [-0.39, 0.29) is 17.9 Å². The topological polar surface area (TPSA) is 78.8 Å². The maximum Gasteiger partial charge on any atom is 0.317 e. The molecule has 2 aromatic heterocycles. The number of carbonyl (C=O) groups is 1. The Hall–Kier alpha value is -3.16. The highest BCUT2D eigenvalue weighted by atomic mass is 19.1. The van der Waals surface area contributed by atoms with Gasteiger partial charge < -0.3 is 10.2 Å². The molecule has 3 aromatic rings. The molecule has 1 fully saturated rings. The first kappa shape index (κ1) is 18.2. The number of aromatic amines is 1.